The minimum atomic E-state index is -1.74. The largest absolute Gasteiger partial charge is 0.507 e. The average molecular weight is 452 g/mol. The summed E-state index contributed by atoms with van der Waals surface area (Å²) >= 11 is 1.09. The number of carboxylic acids is 1. The summed E-state index contributed by atoms with van der Waals surface area (Å²) in [5, 5.41) is 41.9. The number of ether oxygens (including phenoxy) is 1. The fraction of sp³-hybridized carbons (Fsp3) is 0.600. The molecule has 1 aromatic rings. The zero-order valence-electron chi connectivity index (χ0n) is 17.5. The third-order valence-electron chi connectivity index (χ3n) is 6.18. The van der Waals surface area contributed by atoms with Crippen molar-refractivity contribution in [2.75, 3.05) is 39.0 Å². The molecule has 1 unspecified atom stereocenters. The third kappa shape index (κ3) is 5.46. The number of carbonyl (C=O) groups excluding carboxylic acids is 1. The first kappa shape index (κ1) is 23.7. The van der Waals surface area contributed by atoms with Crippen molar-refractivity contribution in [2.45, 2.75) is 30.8 Å². The van der Waals surface area contributed by atoms with Crippen LogP contribution < -0.4 is 10.1 Å². The Bertz CT molecular complexity index is 817. The summed E-state index contributed by atoms with van der Waals surface area (Å²) in [7, 11) is -0.436. The highest BCUT2D eigenvalue weighted by molar-refractivity contribution is 8.01. The molecule has 1 spiro atoms. The van der Waals surface area contributed by atoms with Gasteiger partial charge in [0.15, 0.2) is 0 Å². The topological polar surface area (TPSA) is 140 Å². The van der Waals surface area contributed by atoms with Crippen LogP contribution in [-0.2, 0) is 11.2 Å². The summed E-state index contributed by atoms with van der Waals surface area (Å²) < 4.78 is 4.98. The lowest BCUT2D eigenvalue weighted by Gasteiger charge is -2.33. The van der Waals surface area contributed by atoms with Crippen LogP contribution in [0.5, 0.6) is 11.5 Å². The number of aromatic hydroxyl groups is 1. The summed E-state index contributed by atoms with van der Waals surface area (Å²) in [5.41, 5.74) is 0.0108. The van der Waals surface area contributed by atoms with Crippen molar-refractivity contribution in [3.8, 4) is 11.5 Å². The van der Waals surface area contributed by atoms with Crippen molar-refractivity contribution in [3.63, 3.8) is 0 Å². The maximum absolute atomic E-state index is 12.7. The fourth-order valence-electron chi connectivity index (χ4n) is 4.42. The molecule has 2 aliphatic heterocycles. The van der Waals surface area contributed by atoms with Gasteiger partial charge in [-0.1, -0.05) is 6.07 Å². The Morgan fingerprint density at radius 3 is 2.74 bits per heavy atom. The van der Waals surface area contributed by atoms with Gasteiger partial charge >= 0.3 is 13.1 Å². The second-order valence-corrected chi connectivity index (χ2v) is 9.50. The van der Waals surface area contributed by atoms with E-state index in [1.165, 1.54) is 19.2 Å². The lowest BCUT2D eigenvalue weighted by atomic mass is 9.80. The zero-order valence-corrected chi connectivity index (χ0v) is 18.4. The number of aromatic carboxylic acids is 1. The van der Waals surface area contributed by atoms with E-state index < -0.39 is 24.0 Å². The van der Waals surface area contributed by atoms with Gasteiger partial charge in [0, 0.05) is 30.2 Å². The molecule has 0 aromatic heterocycles. The molecule has 1 aromatic carbocycles. The Morgan fingerprint density at radius 2 is 2.13 bits per heavy atom. The number of hydrogen-bond acceptors (Lipinski definition) is 8. The predicted molar refractivity (Wildman–Crippen MR) is 117 cm³/mol. The highest BCUT2D eigenvalue weighted by Gasteiger charge is 2.40. The molecule has 0 radical (unpaired) electrons. The summed E-state index contributed by atoms with van der Waals surface area (Å²) in [6.45, 7) is 3.36. The summed E-state index contributed by atoms with van der Waals surface area (Å²) in [4.78, 5) is 26.0. The third-order valence-corrected chi connectivity index (χ3v) is 7.44. The molecule has 2 atom stereocenters. The summed E-state index contributed by atoms with van der Waals surface area (Å²) in [6.07, 6.45) is 3.18. The molecule has 170 valence electrons. The monoisotopic (exact) mass is 452 g/mol. The van der Waals surface area contributed by atoms with Gasteiger partial charge in [0.05, 0.1) is 12.9 Å². The molecule has 3 rings (SSSR count). The van der Waals surface area contributed by atoms with Gasteiger partial charge in [-0.15, -0.1) is 0 Å². The standard InChI is InChI=1S/C20H29BN2O7S/c1-30-14-4-3-13(18(25)17(14)19(26)27)9-15(21(28)29)31-10-16(24)23-8-6-20(12-23)5-2-7-22-11-20/h3-4,15,22,25,28-29H,2,5-12H2,1H3,(H,26,27)/t15-,20?/m0/s1. The maximum atomic E-state index is 12.7. The molecule has 2 heterocycles. The predicted octanol–water partition coefficient (Wildman–Crippen LogP) is 0.357. The van der Waals surface area contributed by atoms with Crippen LogP contribution in [0.4, 0.5) is 0 Å². The molecule has 2 fully saturated rings. The van der Waals surface area contributed by atoms with Gasteiger partial charge in [0.2, 0.25) is 5.91 Å². The number of thioether (sulfide) groups is 1. The number of methoxy groups -OCH3 is 1. The van der Waals surface area contributed by atoms with E-state index in [1.54, 1.807) is 0 Å². The van der Waals surface area contributed by atoms with Gasteiger partial charge in [-0.25, -0.2) is 4.79 Å². The number of amides is 1. The normalized spacial score (nSPS) is 21.8. The van der Waals surface area contributed by atoms with Crippen molar-refractivity contribution in [1.82, 2.24) is 10.2 Å². The van der Waals surface area contributed by atoms with Gasteiger partial charge in [0.1, 0.15) is 17.1 Å². The van der Waals surface area contributed by atoms with Crippen LogP contribution in [0.15, 0.2) is 12.1 Å². The first-order valence-corrected chi connectivity index (χ1v) is 11.4. The molecular weight excluding hydrogens is 423 g/mol. The van der Waals surface area contributed by atoms with Crippen molar-refractivity contribution in [3.05, 3.63) is 23.3 Å². The van der Waals surface area contributed by atoms with Crippen LogP contribution >= 0.6 is 11.8 Å². The second kappa shape index (κ2) is 10.1. The lowest BCUT2D eigenvalue weighted by molar-refractivity contribution is -0.127. The SMILES string of the molecule is COc1ccc(C[C@H](SCC(=O)N2CCC3(CCCNC3)C2)B(O)O)c(O)c1C(=O)O. The van der Waals surface area contributed by atoms with Crippen molar-refractivity contribution in [2.24, 2.45) is 5.41 Å². The number of benzene rings is 1. The van der Waals surface area contributed by atoms with E-state index in [1.807, 2.05) is 4.90 Å². The smallest absolute Gasteiger partial charge is 0.465 e. The maximum Gasteiger partial charge on any atom is 0.465 e. The molecule has 5 N–H and O–H groups in total. The van der Waals surface area contributed by atoms with Gasteiger partial charge in [-0.2, -0.15) is 11.8 Å². The Kier molecular flexibility index (Phi) is 7.74. The van der Waals surface area contributed by atoms with Crippen LogP contribution in [0.2, 0.25) is 0 Å². The lowest BCUT2D eigenvalue weighted by Crippen LogP contribution is -2.43. The fourth-order valence-corrected chi connectivity index (χ4v) is 5.43. The molecule has 0 aliphatic carbocycles. The molecule has 1 amide bonds. The molecule has 0 saturated carbocycles. The highest BCUT2D eigenvalue weighted by atomic mass is 32.2. The van der Waals surface area contributed by atoms with Gasteiger partial charge in [-0.3, -0.25) is 4.79 Å². The number of piperidine rings is 1. The summed E-state index contributed by atoms with van der Waals surface area (Å²) in [6, 6.07) is 2.90. The quantitative estimate of drug-likeness (QED) is 0.354. The minimum Gasteiger partial charge on any atom is -0.507 e. The molecule has 9 nitrogen and oxygen atoms in total. The van der Waals surface area contributed by atoms with Crippen LogP contribution in [-0.4, -0.2) is 88.3 Å². The molecule has 11 heteroatoms. The first-order valence-electron chi connectivity index (χ1n) is 10.3. The Labute approximate surface area is 185 Å². The van der Waals surface area contributed by atoms with Gasteiger partial charge < -0.3 is 35.2 Å². The number of carboxylic acid groups (broad SMARTS) is 1. The van der Waals surface area contributed by atoms with Crippen molar-refractivity contribution < 1.29 is 34.6 Å². The zero-order chi connectivity index (χ0) is 22.6. The number of rotatable bonds is 8. The number of nitrogens with one attached hydrogen (secondary N) is 1. The first-order chi connectivity index (χ1) is 14.8. The molecule has 31 heavy (non-hydrogen) atoms. The summed E-state index contributed by atoms with van der Waals surface area (Å²) in [5.74, 6) is -1.79. The van der Waals surface area contributed by atoms with E-state index in [0.29, 0.717) is 13.1 Å². The van der Waals surface area contributed by atoms with Crippen LogP contribution in [0.1, 0.15) is 35.2 Å². The van der Waals surface area contributed by atoms with Gasteiger partial charge in [0.25, 0.3) is 0 Å². The second-order valence-electron chi connectivity index (χ2n) is 8.27. The van der Waals surface area contributed by atoms with Crippen LogP contribution in [0, 0.1) is 5.41 Å². The molecular formula is C20H29BN2O7S. The van der Waals surface area contributed by atoms with E-state index in [9.17, 15) is 29.9 Å². The highest BCUT2D eigenvalue weighted by Crippen LogP contribution is 2.37. The number of hydrogen-bond donors (Lipinski definition) is 5. The minimum absolute atomic E-state index is 0.0119. The van der Waals surface area contributed by atoms with Crippen LogP contribution in [0.25, 0.3) is 0 Å². The van der Waals surface area contributed by atoms with E-state index in [2.05, 4.69) is 5.32 Å². The van der Waals surface area contributed by atoms with Crippen molar-refractivity contribution in [1.29, 1.82) is 0 Å². The van der Waals surface area contributed by atoms with E-state index in [0.717, 1.165) is 44.1 Å². The Hall–Kier alpha value is -1.95. The van der Waals surface area contributed by atoms with E-state index >= 15 is 0 Å². The number of phenols is 1. The molecule has 2 aliphatic rings. The van der Waals surface area contributed by atoms with E-state index in [4.69, 9.17) is 4.74 Å². The number of likely N-dealkylation sites (tertiary alicyclic amines) is 1. The van der Waals surface area contributed by atoms with Gasteiger partial charge in [-0.05, 0) is 43.9 Å². The van der Waals surface area contributed by atoms with Crippen molar-refractivity contribution >= 4 is 30.8 Å². The van der Waals surface area contributed by atoms with Crippen LogP contribution in [0.3, 0.4) is 0 Å². The number of carbonyl (C=O) groups is 2. The molecule has 2 saturated heterocycles. The molecule has 0 bridgehead atoms. The Balaban J connectivity index is 1.63. The van der Waals surface area contributed by atoms with E-state index in [-0.39, 0.29) is 40.4 Å². The number of nitrogens with zero attached hydrogens (tertiary/aromatic N) is 1. The average Bonchev–Trinajstić information content (AvgIpc) is 3.14. The Morgan fingerprint density at radius 1 is 1.35 bits per heavy atom.